The van der Waals surface area contributed by atoms with Gasteiger partial charge in [0.05, 0.1) is 6.54 Å². The summed E-state index contributed by atoms with van der Waals surface area (Å²) in [4.78, 5) is 38.9. The molecule has 0 amide bonds. The molecule has 0 saturated carbocycles. The maximum absolute atomic E-state index is 11.8. The molecule has 0 aromatic heterocycles. The lowest BCUT2D eigenvalue weighted by Gasteiger charge is -2.09. The fourth-order valence-electron chi connectivity index (χ4n) is 3.12. The third-order valence-electron chi connectivity index (χ3n) is 4.89. The van der Waals surface area contributed by atoms with E-state index in [1.165, 1.54) is 23.3 Å². The highest BCUT2D eigenvalue weighted by atomic mass is 16.5. The number of rotatable bonds is 11. The second-order valence-electron chi connectivity index (χ2n) is 7.41. The molecule has 3 aromatic carbocycles. The Balaban J connectivity index is 0.000000254. The Labute approximate surface area is 200 Å². The van der Waals surface area contributed by atoms with E-state index < -0.39 is 12.0 Å². The van der Waals surface area contributed by atoms with Gasteiger partial charge in [0.25, 0.3) is 0 Å². The van der Waals surface area contributed by atoms with Gasteiger partial charge in [-0.1, -0.05) is 78.9 Å². The average Bonchev–Trinajstić information content (AvgIpc) is 2.89. The van der Waals surface area contributed by atoms with Gasteiger partial charge in [-0.15, -0.1) is 0 Å². The Kier molecular flexibility index (Phi) is 12.7. The molecule has 0 fully saturated rings. The predicted molar refractivity (Wildman–Crippen MR) is 131 cm³/mol. The number of para-hydroxylation sites is 1. The van der Waals surface area contributed by atoms with Crippen molar-refractivity contribution < 1.29 is 19.1 Å². The standard InChI is InChI=1S/C14H14N2O4.C14H14/c17-10-15-9-5-4-8-13(16-11-18)14(19)20-12-6-2-1-3-7-12;1-3-7-13(8-4-1)11-12-14-9-5-2-6-10-14/h1-3,6-7,13H,4-5,8-9H2;1-10H,11-12H2. The van der Waals surface area contributed by atoms with Crippen LogP contribution in [0.15, 0.2) is 101 Å². The van der Waals surface area contributed by atoms with Crippen LogP contribution < -0.4 is 4.74 Å². The molecule has 1 unspecified atom stereocenters. The van der Waals surface area contributed by atoms with Crippen molar-refractivity contribution in [3.8, 4) is 5.75 Å². The van der Waals surface area contributed by atoms with E-state index in [9.17, 15) is 14.4 Å². The van der Waals surface area contributed by atoms with Crippen LogP contribution in [0.2, 0.25) is 0 Å². The van der Waals surface area contributed by atoms with E-state index in [1.807, 2.05) is 0 Å². The van der Waals surface area contributed by atoms with Crippen LogP contribution in [-0.4, -0.2) is 30.7 Å². The normalized spacial score (nSPS) is 10.5. The third kappa shape index (κ3) is 11.0. The van der Waals surface area contributed by atoms with Gasteiger partial charge in [-0.05, 0) is 55.4 Å². The van der Waals surface area contributed by atoms with Gasteiger partial charge in [-0.3, -0.25) is 0 Å². The lowest BCUT2D eigenvalue weighted by Crippen LogP contribution is -2.24. The largest absolute Gasteiger partial charge is 0.425 e. The number of hydrogen-bond acceptors (Lipinski definition) is 6. The number of aryl methyl sites for hydroxylation is 2. The SMILES string of the molecule is O=C=NCCCCC(N=C=O)C(=O)Oc1ccccc1.c1ccc(CCc2ccccc2)cc1. The lowest BCUT2D eigenvalue weighted by atomic mass is 10.0. The van der Waals surface area contributed by atoms with E-state index in [0.717, 1.165) is 12.8 Å². The first-order valence-electron chi connectivity index (χ1n) is 11.2. The van der Waals surface area contributed by atoms with Gasteiger partial charge in [0.1, 0.15) is 5.75 Å². The Hall–Kier alpha value is -4.11. The van der Waals surface area contributed by atoms with Crippen molar-refractivity contribution in [3.63, 3.8) is 0 Å². The number of unbranched alkanes of at least 4 members (excludes halogenated alkanes) is 1. The van der Waals surface area contributed by atoms with Gasteiger partial charge in [-0.25, -0.2) is 19.4 Å². The minimum atomic E-state index is -0.882. The minimum Gasteiger partial charge on any atom is -0.425 e. The summed E-state index contributed by atoms with van der Waals surface area (Å²) < 4.78 is 5.11. The van der Waals surface area contributed by atoms with E-state index in [-0.39, 0.29) is 0 Å². The summed E-state index contributed by atoms with van der Waals surface area (Å²) >= 11 is 0. The highest BCUT2D eigenvalue weighted by Crippen LogP contribution is 2.13. The third-order valence-corrected chi connectivity index (χ3v) is 4.89. The summed E-state index contributed by atoms with van der Waals surface area (Å²) in [6, 6.07) is 28.9. The Morgan fingerprint density at radius 3 is 1.76 bits per heavy atom. The van der Waals surface area contributed by atoms with Crippen molar-refractivity contribution in [1.82, 2.24) is 0 Å². The summed E-state index contributed by atoms with van der Waals surface area (Å²) in [6.45, 7) is 0.342. The summed E-state index contributed by atoms with van der Waals surface area (Å²) in [5, 5.41) is 0. The van der Waals surface area contributed by atoms with Crippen LogP contribution in [0.3, 0.4) is 0 Å². The highest BCUT2D eigenvalue weighted by molar-refractivity contribution is 5.79. The molecule has 0 aliphatic heterocycles. The quantitative estimate of drug-likeness (QED) is 0.129. The Morgan fingerprint density at radius 2 is 1.26 bits per heavy atom. The second kappa shape index (κ2) is 16.5. The number of nitrogens with zero attached hydrogens (tertiary/aromatic N) is 2. The first-order valence-corrected chi connectivity index (χ1v) is 11.2. The number of esters is 1. The number of carbonyl (C=O) groups excluding carboxylic acids is 3. The minimum absolute atomic E-state index is 0.342. The summed E-state index contributed by atoms with van der Waals surface area (Å²) in [7, 11) is 0. The second-order valence-corrected chi connectivity index (χ2v) is 7.41. The molecule has 3 aromatic rings. The molecule has 0 heterocycles. The topological polar surface area (TPSA) is 85.2 Å². The fourth-order valence-corrected chi connectivity index (χ4v) is 3.12. The fraction of sp³-hybridized carbons (Fsp3) is 0.250. The summed E-state index contributed by atoms with van der Waals surface area (Å²) in [5.41, 5.74) is 2.83. The molecule has 0 aliphatic rings. The van der Waals surface area contributed by atoms with Crippen LogP contribution in [0.25, 0.3) is 0 Å². The van der Waals surface area contributed by atoms with Gasteiger partial charge >= 0.3 is 5.97 Å². The van der Waals surface area contributed by atoms with Gasteiger partial charge in [0, 0.05) is 0 Å². The average molecular weight is 457 g/mol. The van der Waals surface area contributed by atoms with Crippen molar-refractivity contribution in [2.24, 2.45) is 9.98 Å². The first kappa shape index (κ1) is 26.1. The van der Waals surface area contributed by atoms with E-state index in [2.05, 4.69) is 70.6 Å². The summed E-state index contributed by atoms with van der Waals surface area (Å²) in [5.74, 6) is -0.201. The number of carbonyl (C=O) groups is 1. The van der Waals surface area contributed by atoms with E-state index in [4.69, 9.17) is 4.74 Å². The van der Waals surface area contributed by atoms with Crippen molar-refractivity contribution >= 4 is 18.1 Å². The van der Waals surface area contributed by atoms with Gasteiger partial charge in [0.15, 0.2) is 6.04 Å². The van der Waals surface area contributed by atoms with E-state index in [0.29, 0.717) is 31.6 Å². The van der Waals surface area contributed by atoms with Crippen LogP contribution in [0.4, 0.5) is 0 Å². The number of benzene rings is 3. The van der Waals surface area contributed by atoms with Crippen LogP contribution in [-0.2, 0) is 27.2 Å². The van der Waals surface area contributed by atoms with Crippen molar-refractivity contribution in [3.05, 3.63) is 102 Å². The molecule has 6 heteroatoms. The smallest absolute Gasteiger partial charge is 0.337 e. The Morgan fingerprint density at radius 1 is 0.735 bits per heavy atom. The molecule has 174 valence electrons. The van der Waals surface area contributed by atoms with Crippen molar-refractivity contribution in [2.45, 2.75) is 38.1 Å². The molecule has 0 N–H and O–H groups in total. The maximum Gasteiger partial charge on any atom is 0.337 e. The predicted octanol–water partition coefficient (Wildman–Crippen LogP) is 5.27. The Bertz CT molecular complexity index is 1020. The number of hydrogen-bond donors (Lipinski definition) is 0. The zero-order chi connectivity index (χ0) is 24.3. The molecule has 0 bridgehead atoms. The summed E-state index contributed by atoms with van der Waals surface area (Å²) in [6.07, 6.45) is 6.61. The molecule has 0 spiro atoms. The molecule has 34 heavy (non-hydrogen) atoms. The number of ether oxygens (including phenoxy) is 1. The van der Waals surface area contributed by atoms with Crippen molar-refractivity contribution in [2.75, 3.05) is 6.54 Å². The van der Waals surface area contributed by atoms with E-state index >= 15 is 0 Å². The molecular formula is C28H28N2O4. The molecule has 1 atom stereocenters. The van der Waals surface area contributed by atoms with E-state index in [1.54, 1.807) is 30.3 Å². The molecule has 6 nitrogen and oxygen atoms in total. The molecule has 0 radical (unpaired) electrons. The molecule has 0 aliphatic carbocycles. The number of isocyanates is 2. The van der Waals surface area contributed by atoms with Gasteiger partial charge in [0.2, 0.25) is 12.2 Å². The molecule has 3 rings (SSSR count). The first-order chi connectivity index (χ1) is 16.7. The monoisotopic (exact) mass is 456 g/mol. The van der Waals surface area contributed by atoms with Crippen molar-refractivity contribution in [1.29, 1.82) is 0 Å². The zero-order valence-corrected chi connectivity index (χ0v) is 19.0. The maximum atomic E-state index is 11.8. The number of aliphatic imine (C=N–C) groups is 2. The molecular weight excluding hydrogens is 428 g/mol. The van der Waals surface area contributed by atoms with Gasteiger partial charge < -0.3 is 4.74 Å². The van der Waals surface area contributed by atoms with Gasteiger partial charge in [-0.2, -0.15) is 4.99 Å². The van der Waals surface area contributed by atoms with Crippen LogP contribution in [0, 0.1) is 0 Å². The van der Waals surface area contributed by atoms with Crippen LogP contribution in [0.5, 0.6) is 5.75 Å². The van der Waals surface area contributed by atoms with Crippen LogP contribution >= 0.6 is 0 Å². The lowest BCUT2D eigenvalue weighted by molar-refractivity contribution is -0.135. The molecule has 0 saturated heterocycles. The zero-order valence-electron chi connectivity index (χ0n) is 19.0. The highest BCUT2D eigenvalue weighted by Gasteiger charge is 2.19. The van der Waals surface area contributed by atoms with Crippen LogP contribution in [0.1, 0.15) is 30.4 Å².